The molecule has 82 valence electrons. The van der Waals surface area contributed by atoms with E-state index < -0.39 is 0 Å². The molecule has 1 unspecified atom stereocenters. The molecule has 0 aromatic rings. The molecule has 1 heterocycles. The molecule has 2 fully saturated rings. The second kappa shape index (κ2) is 5.69. The highest BCUT2D eigenvalue weighted by molar-refractivity contribution is 4.74. The maximum Gasteiger partial charge on any atom is 0.0712 e. The lowest BCUT2D eigenvalue weighted by atomic mass is 10.2. The van der Waals surface area contributed by atoms with E-state index in [1.54, 1.807) is 0 Å². The van der Waals surface area contributed by atoms with E-state index in [0.717, 1.165) is 38.6 Å². The Balaban J connectivity index is 1.41. The van der Waals surface area contributed by atoms with E-state index in [9.17, 15) is 0 Å². The van der Waals surface area contributed by atoms with Gasteiger partial charge in [0.2, 0.25) is 0 Å². The molecule has 1 saturated heterocycles. The van der Waals surface area contributed by atoms with Crippen LogP contribution in [0.3, 0.4) is 0 Å². The lowest BCUT2D eigenvalue weighted by Gasteiger charge is -2.23. The molecule has 2 aliphatic rings. The monoisotopic (exact) mass is 198 g/mol. The van der Waals surface area contributed by atoms with Crippen LogP contribution >= 0.6 is 0 Å². The van der Waals surface area contributed by atoms with E-state index in [1.165, 1.54) is 25.8 Å². The first kappa shape index (κ1) is 10.4. The fourth-order valence-electron chi connectivity index (χ4n) is 1.91. The van der Waals surface area contributed by atoms with Crippen molar-refractivity contribution >= 4 is 0 Å². The standard InChI is InChI=1S/C11H22N2O/c1-2-10(1)3-5-12-6-4-11-9-13-7-8-14-11/h10-13H,1-9H2. The van der Waals surface area contributed by atoms with Gasteiger partial charge in [-0.2, -0.15) is 0 Å². The second-order valence-electron chi connectivity index (χ2n) is 4.47. The number of rotatable bonds is 6. The summed E-state index contributed by atoms with van der Waals surface area (Å²) in [6.07, 6.45) is 5.91. The summed E-state index contributed by atoms with van der Waals surface area (Å²) < 4.78 is 5.62. The van der Waals surface area contributed by atoms with Crippen LogP contribution < -0.4 is 10.6 Å². The van der Waals surface area contributed by atoms with Crippen LogP contribution in [-0.4, -0.2) is 38.9 Å². The molecule has 0 aromatic carbocycles. The highest BCUT2D eigenvalue weighted by Gasteiger charge is 2.20. The average molecular weight is 198 g/mol. The van der Waals surface area contributed by atoms with E-state index in [1.807, 2.05) is 0 Å². The Hall–Kier alpha value is -0.120. The minimum Gasteiger partial charge on any atom is -0.376 e. The lowest BCUT2D eigenvalue weighted by molar-refractivity contribution is 0.0239. The van der Waals surface area contributed by atoms with Gasteiger partial charge >= 0.3 is 0 Å². The Morgan fingerprint density at radius 2 is 2.07 bits per heavy atom. The maximum atomic E-state index is 5.62. The Morgan fingerprint density at radius 3 is 2.79 bits per heavy atom. The van der Waals surface area contributed by atoms with Gasteiger partial charge in [0, 0.05) is 13.1 Å². The smallest absolute Gasteiger partial charge is 0.0712 e. The summed E-state index contributed by atoms with van der Waals surface area (Å²) in [6, 6.07) is 0. The highest BCUT2D eigenvalue weighted by atomic mass is 16.5. The Morgan fingerprint density at radius 1 is 1.21 bits per heavy atom. The quantitative estimate of drug-likeness (QED) is 0.618. The topological polar surface area (TPSA) is 33.3 Å². The fraction of sp³-hybridized carbons (Fsp3) is 1.00. The van der Waals surface area contributed by atoms with E-state index in [-0.39, 0.29) is 0 Å². The Bertz CT molecular complexity index is 153. The molecular formula is C11H22N2O. The molecule has 2 rings (SSSR count). The fourth-order valence-corrected chi connectivity index (χ4v) is 1.91. The predicted molar refractivity (Wildman–Crippen MR) is 57.4 cm³/mol. The van der Waals surface area contributed by atoms with Crippen molar-refractivity contribution in [2.24, 2.45) is 5.92 Å². The summed E-state index contributed by atoms with van der Waals surface area (Å²) in [7, 11) is 0. The molecule has 0 spiro atoms. The van der Waals surface area contributed by atoms with Crippen molar-refractivity contribution in [2.75, 3.05) is 32.8 Å². The van der Waals surface area contributed by atoms with Crippen molar-refractivity contribution in [1.82, 2.24) is 10.6 Å². The van der Waals surface area contributed by atoms with Gasteiger partial charge in [-0.05, 0) is 31.8 Å². The van der Waals surface area contributed by atoms with Crippen molar-refractivity contribution in [1.29, 1.82) is 0 Å². The largest absolute Gasteiger partial charge is 0.376 e. The van der Waals surface area contributed by atoms with E-state index in [2.05, 4.69) is 10.6 Å². The molecule has 0 amide bonds. The van der Waals surface area contributed by atoms with Gasteiger partial charge in [-0.3, -0.25) is 0 Å². The minimum absolute atomic E-state index is 0.442. The van der Waals surface area contributed by atoms with Gasteiger partial charge in [0.1, 0.15) is 0 Å². The molecule has 1 aliphatic carbocycles. The highest BCUT2D eigenvalue weighted by Crippen LogP contribution is 2.31. The van der Waals surface area contributed by atoms with Gasteiger partial charge in [0.05, 0.1) is 12.7 Å². The predicted octanol–water partition coefficient (Wildman–Crippen LogP) is 0.755. The Kier molecular flexibility index (Phi) is 4.22. The zero-order chi connectivity index (χ0) is 9.64. The molecule has 0 radical (unpaired) electrons. The number of hydrogen-bond acceptors (Lipinski definition) is 3. The maximum absolute atomic E-state index is 5.62. The third-order valence-electron chi connectivity index (χ3n) is 3.07. The van der Waals surface area contributed by atoms with Crippen molar-refractivity contribution in [3.63, 3.8) is 0 Å². The summed E-state index contributed by atoms with van der Waals surface area (Å²) in [6.45, 7) is 5.24. The first-order valence-electron chi connectivity index (χ1n) is 5.98. The van der Waals surface area contributed by atoms with Crippen LogP contribution in [0.2, 0.25) is 0 Å². The molecular weight excluding hydrogens is 176 g/mol. The lowest BCUT2D eigenvalue weighted by Crippen LogP contribution is -2.40. The summed E-state index contributed by atoms with van der Waals surface area (Å²) in [4.78, 5) is 0. The number of ether oxygens (including phenoxy) is 1. The zero-order valence-corrected chi connectivity index (χ0v) is 8.93. The van der Waals surface area contributed by atoms with Crippen LogP contribution in [0.1, 0.15) is 25.7 Å². The normalized spacial score (nSPS) is 27.9. The number of morpholine rings is 1. The summed E-state index contributed by atoms with van der Waals surface area (Å²) in [5.41, 5.74) is 0. The van der Waals surface area contributed by atoms with E-state index >= 15 is 0 Å². The van der Waals surface area contributed by atoms with Gasteiger partial charge in [-0.25, -0.2) is 0 Å². The Labute approximate surface area is 86.6 Å². The van der Waals surface area contributed by atoms with E-state index in [4.69, 9.17) is 4.74 Å². The minimum atomic E-state index is 0.442. The van der Waals surface area contributed by atoms with Crippen LogP contribution in [0.15, 0.2) is 0 Å². The van der Waals surface area contributed by atoms with Gasteiger partial charge in [-0.15, -0.1) is 0 Å². The first-order valence-corrected chi connectivity index (χ1v) is 5.98. The van der Waals surface area contributed by atoms with Crippen LogP contribution in [0.5, 0.6) is 0 Å². The van der Waals surface area contributed by atoms with Crippen LogP contribution in [-0.2, 0) is 4.74 Å². The molecule has 3 nitrogen and oxygen atoms in total. The molecule has 0 aromatic heterocycles. The van der Waals surface area contributed by atoms with Gasteiger partial charge < -0.3 is 15.4 Å². The third kappa shape index (κ3) is 3.95. The molecule has 1 atom stereocenters. The molecule has 0 bridgehead atoms. The first-order chi connectivity index (χ1) is 6.95. The van der Waals surface area contributed by atoms with Crippen molar-refractivity contribution in [2.45, 2.75) is 31.8 Å². The second-order valence-corrected chi connectivity index (χ2v) is 4.47. The van der Waals surface area contributed by atoms with Crippen molar-refractivity contribution < 1.29 is 4.74 Å². The number of hydrogen-bond donors (Lipinski definition) is 2. The van der Waals surface area contributed by atoms with Crippen LogP contribution in [0.25, 0.3) is 0 Å². The summed E-state index contributed by atoms with van der Waals surface area (Å²) >= 11 is 0. The molecule has 2 N–H and O–H groups in total. The number of nitrogens with one attached hydrogen (secondary N) is 2. The van der Waals surface area contributed by atoms with E-state index in [0.29, 0.717) is 6.10 Å². The van der Waals surface area contributed by atoms with Crippen LogP contribution in [0.4, 0.5) is 0 Å². The van der Waals surface area contributed by atoms with Crippen LogP contribution in [0, 0.1) is 5.92 Å². The SMILES string of the molecule is C(CC1CC1)NCCC1CNCCO1. The zero-order valence-electron chi connectivity index (χ0n) is 8.93. The average Bonchev–Trinajstić information content (AvgIpc) is 3.03. The summed E-state index contributed by atoms with van der Waals surface area (Å²) in [5, 5.41) is 6.85. The van der Waals surface area contributed by atoms with Gasteiger partial charge in [-0.1, -0.05) is 12.8 Å². The van der Waals surface area contributed by atoms with Gasteiger partial charge in [0.15, 0.2) is 0 Å². The van der Waals surface area contributed by atoms with Crippen molar-refractivity contribution in [3.05, 3.63) is 0 Å². The molecule has 14 heavy (non-hydrogen) atoms. The summed E-state index contributed by atoms with van der Waals surface area (Å²) in [5.74, 6) is 1.05. The van der Waals surface area contributed by atoms with Crippen molar-refractivity contribution in [3.8, 4) is 0 Å². The van der Waals surface area contributed by atoms with Gasteiger partial charge in [0.25, 0.3) is 0 Å². The molecule has 3 heteroatoms. The third-order valence-corrected chi connectivity index (χ3v) is 3.07. The molecule has 1 saturated carbocycles. The molecule has 1 aliphatic heterocycles.